The molecule has 1 rings (SSSR count). The highest BCUT2D eigenvalue weighted by atomic mass is 15.4. The van der Waals surface area contributed by atoms with Crippen LogP contribution in [0, 0.1) is 0 Å². The lowest BCUT2D eigenvalue weighted by atomic mass is 10.1. The summed E-state index contributed by atoms with van der Waals surface area (Å²) in [5.74, 6) is 0. The average molecular weight is 188 g/mol. The van der Waals surface area contributed by atoms with Crippen LogP contribution in [-0.4, -0.2) is 6.72 Å². The third kappa shape index (κ3) is 2.46. The molecule has 0 atom stereocenters. The van der Waals surface area contributed by atoms with Crippen LogP contribution in [0.4, 0.5) is 5.69 Å². The van der Waals surface area contributed by atoms with E-state index in [4.69, 9.17) is 0 Å². The van der Waals surface area contributed by atoms with Gasteiger partial charge in [0.25, 0.3) is 0 Å². The highest BCUT2D eigenvalue weighted by Gasteiger charge is 1.98. The second-order valence-corrected chi connectivity index (χ2v) is 2.99. The second-order valence-electron chi connectivity index (χ2n) is 2.99. The zero-order chi connectivity index (χ0) is 10.4. The molecule has 0 aromatic heterocycles. The molecule has 0 aliphatic heterocycles. The molecule has 2 nitrogen and oxygen atoms in total. The van der Waals surface area contributed by atoms with Crippen molar-refractivity contribution in [3.05, 3.63) is 42.1 Å². The summed E-state index contributed by atoms with van der Waals surface area (Å²) in [7, 11) is 0. The molecule has 2 heteroatoms. The van der Waals surface area contributed by atoms with E-state index in [1.54, 1.807) is 5.01 Å². The summed E-state index contributed by atoms with van der Waals surface area (Å²) in [5, 5.41) is 5.65. The van der Waals surface area contributed by atoms with E-state index in [1.807, 2.05) is 31.3 Å². The molecule has 0 fully saturated rings. The van der Waals surface area contributed by atoms with Gasteiger partial charge in [-0.05, 0) is 31.0 Å². The molecule has 14 heavy (non-hydrogen) atoms. The monoisotopic (exact) mass is 188 g/mol. The van der Waals surface area contributed by atoms with Gasteiger partial charge in [-0.25, -0.2) is 5.01 Å². The smallest absolute Gasteiger partial charge is 0.0645 e. The summed E-state index contributed by atoms with van der Waals surface area (Å²) >= 11 is 0. The van der Waals surface area contributed by atoms with E-state index in [1.165, 1.54) is 5.56 Å². The quantitative estimate of drug-likeness (QED) is 0.523. The molecule has 0 saturated carbocycles. The van der Waals surface area contributed by atoms with Gasteiger partial charge >= 0.3 is 0 Å². The highest BCUT2D eigenvalue weighted by molar-refractivity contribution is 5.51. The molecule has 0 bridgehead atoms. The maximum absolute atomic E-state index is 3.90. The first-order valence-electron chi connectivity index (χ1n) is 4.79. The Bertz CT molecular complexity index is 312. The fourth-order valence-electron chi connectivity index (χ4n) is 1.24. The van der Waals surface area contributed by atoms with E-state index >= 15 is 0 Å². The number of allylic oxidation sites excluding steroid dienone is 1. The van der Waals surface area contributed by atoms with Crippen LogP contribution in [0.5, 0.6) is 0 Å². The van der Waals surface area contributed by atoms with Gasteiger partial charge in [0.15, 0.2) is 0 Å². The predicted octanol–water partition coefficient (Wildman–Crippen LogP) is 3.20. The predicted molar refractivity (Wildman–Crippen MR) is 62.7 cm³/mol. The lowest BCUT2D eigenvalue weighted by Gasteiger charge is -2.13. The Hall–Kier alpha value is -1.57. The zero-order valence-corrected chi connectivity index (χ0v) is 8.77. The van der Waals surface area contributed by atoms with Crippen molar-refractivity contribution in [3.8, 4) is 0 Å². The Morgan fingerprint density at radius 1 is 1.36 bits per heavy atom. The second kappa shape index (κ2) is 5.22. The topological polar surface area (TPSA) is 15.6 Å². The number of benzene rings is 1. The maximum Gasteiger partial charge on any atom is 0.0645 e. The van der Waals surface area contributed by atoms with Crippen molar-refractivity contribution in [2.75, 3.05) is 5.01 Å². The Kier molecular flexibility index (Phi) is 3.92. The van der Waals surface area contributed by atoms with Crippen molar-refractivity contribution in [3.63, 3.8) is 0 Å². The van der Waals surface area contributed by atoms with Gasteiger partial charge in [-0.15, -0.1) is 0 Å². The Morgan fingerprint density at radius 2 is 2.00 bits per heavy atom. The van der Waals surface area contributed by atoms with E-state index in [-0.39, 0.29) is 0 Å². The van der Waals surface area contributed by atoms with Crippen molar-refractivity contribution in [1.82, 2.24) is 0 Å². The summed E-state index contributed by atoms with van der Waals surface area (Å²) in [4.78, 5) is 0. The molecule has 0 amide bonds. The molecule has 1 aromatic rings. The van der Waals surface area contributed by atoms with Gasteiger partial charge in [-0.1, -0.05) is 25.1 Å². The summed E-state index contributed by atoms with van der Waals surface area (Å²) in [5.41, 5.74) is 2.37. The lowest BCUT2D eigenvalue weighted by molar-refractivity contribution is 1.08. The van der Waals surface area contributed by atoms with Crippen molar-refractivity contribution >= 4 is 12.4 Å². The number of hydrazone groups is 1. The largest absolute Gasteiger partial charge is 0.242 e. The van der Waals surface area contributed by atoms with Crippen molar-refractivity contribution < 1.29 is 0 Å². The summed E-state index contributed by atoms with van der Waals surface area (Å²) in [6.45, 7) is 7.62. The van der Waals surface area contributed by atoms with E-state index in [0.29, 0.717) is 0 Å². The molecular formula is C12H16N2. The lowest BCUT2D eigenvalue weighted by Crippen LogP contribution is -2.05. The van der Waals surface area contributed by atoms with E-state index in [0.717, 1.165) is 12.1 Å². The molecule has 0 heterocycles. The number of anilines is 1. The molecule has 0 aliphatic carbocycles. The van der Waals surface area contributed by atoms with Crippen LogP contribution in [0.2, 0.25) is 0 Å². The molecular weight excluding hydrogens is 172 g/mol. The van der Waals surface area contributed by atoms with Gasteiger partial charge in [-0.2, -0.15) is 5.10 Å². The van der Waals surface area contributed by atoms with Crippen LogP contribution in [0.1, 0.15) is 19.4 Å². The molecule has 0 N–H and O–H groups in total. The number of aryl methyl sites for hydroxylation is 1. The Morgan fingerprint density at radius 3 is 2.43 bits per heavy atom. The summed E-state index contributed by atoms with van der Waals surface area (Å²) < 4.78 is 0. The van der Waals surface area contributed by atoms with Gasteiger partial charge in [0.1, 0.15) is 0 Å². The van der Waals surface area contributed by atoms with Crippen LogP contribution in [0.25, 0.3) is 0 Å². The van der Waals surface area contributed by atoms with Crippen LogP contribution >= 0.6 is 0 Å². The zero-order valence-electron chi connectivity index (χ0n) is 8.77. The van der Waals surface area contributed by atoms with Gasteiger partial charge in [0.2, 0.25) is 0 Å². The van der Waals surface area contributed by atoms with Crippen LogP contribution in [-0.2, 0) is 6.42 Å². The van der Waals surface area contributed by atoms with Gasteiger partial charge in [-0.3, -0.25) is 0 Å². The first-order chi connectivity index (χ1) is 6.81. The third-order valence-electron chi connectivity index (χ3n) is 2.05. The molecule has 74 valence electrons. The van der Waals surface area contributed by atoms with Gasteiger partial charge < -0.3 is 0 Å². The Labute approximate surface area is 85.6 Å². The van der Waals surface area contributed by atoms with Crippen molar-refractivity contribution in [1.29, 1.82) is 0 Å². The average Bonchev–Trinajstić information content (AvgIpc) is 2.26. The first kappa shape index (κ1) is 10.5. The maximum atomic E-state index is 3.90. The SMILES string of the molecule is C=NN(/C=C\C)c1ccc(CC)cc1. The number of nitrogens with zero attached hydrogens (tertiary/aromatic N) is 2. The van der Waals surface area contributed by atoms with E-state index in [2.05, 4.69) is 30.9 Å². The van der Waals surface area contributed by atoms with E-state index < -0.39 is 0 Å². The molecule has 0 aliphatic rings. The van der Waals surface area contributed by atoms with Crippen LogP contribution in [0.3, 0.4) is 0 Å². The fourth-order valence-corrected chi connectivity index (χ4v) is 1.24. The number of hydrogen-bond donors (Lipinski definition) is 0. The standard InChI is InChI=1S/C12H16N2/c1-4-10-14(13-3)12-8-6-11(5-2)7-9-12/h4,6-10H,3,5H2,1-2H3/b10-4-. The van der Waals surface area contributed by atoms with Crippen molar-refractivity contribution in [2.24, 2.45) is 5.10 Å². The molecule has 0 radical (unpaired) electrons. The van der Waals surface area contributed by atoms with E-state index in [9.17, 15) is 0 Å². The summed E-state index contributed by atoms with van der Waals surface area (Å²) in [6.07, 6.45) is 4.88. The fraction of sp³-hybridized carbons (Fsp3) is 0.250. The highest BCUT2D eigenvalue weighted by Crippen LogP contribution is 2.16. The third-order valence-corrected chi connectivity index (χ3v) is 2.05. The minimum atomic E-state index is 1.04. The molecule has 0 unspecified atom stereocenters. The van der Waals surface area contributed by atoms with Gasteiger partial charge in [0, 0.05) is 12.9 Å². The number of rotatable bonds is 4. The van der Waals surface area contributed by atoms with Crippen LogP contribution < -0.4 is 5.01 Å². The van der Waals surface area contributed by atoms with Crippen LogP contribution in [0.15, 0.2) is 41.6 Å². The van der Waals surface area contributed by atoms with Crippen molar-refractivity contribution in [2.45, 2.75) is 20.3 Å². The Balaban J connectivity index is 2.88. The number of hydrogen-bond acceptors (Lipinski definition) is 2. The van der Waals surface area contributed by atoms with Gasteiger partial charge in [0.05, 0.1) is 5.69 Å². The molecule has 0 spiro atoms. The molecule has 0 saturated heterocycles. The molecule has 1 aromatic carbocycles. The summed E-state index contributed by atoms with van der Waals surface area (Å²) in [6, 6.07) is 8.31. The first-order valence-corrected chi connectivity index (χ1v) is 4.79. The minimum Gasteiger partial charge on any atom is -0.242 e. The normalized spacial score (nSPS) is 10.4. The minimum absolute atomic E-state index is 1.04.